The zero-order chi connectivity index (χ0) is 53.4. The van der Waals surface area contributed by atoms with Crippen molar-refractivity contribution in [1.29, 1.82) is 0 Å². The SMILES string of the molecule is C#CCOc1ccc(C(=O)OCC(COCC(CC)(COCC(COC(=O)c2ccc(OCC#C)cc2)OC(=O)C=C)COCC(COC(=O)c2ccc(OCC#C)cc2)OC(=O)C(=C)C)OC(=O)C=C)cc1. The number of carbonyl (C=O) groups excluding carboxylic acids is 6. The van der Waals surface area contributed by atoms with Crippen molar-refractivity contribution < 1.29 is 85.6 Å². The predicted molar refractivity (Wildman–Crippen MR) is 263 cm³/mol. The molecule has 3 rings (SSSR count). The molecule has 73 heavy (non-hydrogen) atoms. The van der Waals surface area contributed by atoms with Gasteiger partial charge in [0.1, 0.15) is 56.9 Å². The molecule has 0 radical (unpaired) electrons. The standard InChI is InChI=1S/C55H58O18/c1-9-27-65-43-21-15-40(16-22-43)52(59)68-33-46(71-49(56)12-4)30-62-36-55(14-6,37-63-31-47(72-50(57)13-5)34-69-53(60)41-17-23-44(24-18-41)66-28-10-2)38-64-32-48(73-51(58)39(7)8)35-70-54(61)42-19-25-45(26-20-42)67-29-11-3/h1-3,12-13,15-26,46-48H,4-5,7,14,27-38H2,6,8H3. The first kappa shape index (κ1) is 59.0. The molecule has 0 aliphatic heterocycles. The largest absolute Gasteiger partial charge is 0.481 e. The van der Waals surface area contributed by atoms with Crippen LogP contribution in [0, 0.1) is 42.4 Å². The molecule has 0 N–H and O–H groups in total. The van der Waals surface area contributed by atoms with Gasteiger partial charge in [0.2, 0.25) is 0 Å². The molecule has 3 aromatic rings. The van der Waals surface area contributed by atoms with Gasteiger partial charge in [-0.25, -0.2) is 28.8 Å². The van der Waals surface area contributed by atoms with Crippen LogP contribution in [0.25, 0.3) is 0 Å². The van der Waals surface area contributed by atoms with Crippen LogP contribution in [-0.4, -0.2) is 133 Å². The Morgan fingerprint density at radius 2 is 0.822 bits per heavy atom. The first-order valence-corrected chi connectivity index (χ1v) is 22.4. The molecule has 0 saturated carbocycles. The van der Waals surface area contributed by atoms with E-state index >= 15 is 0 Å². The second-order valence-corrected chi connectivity index (χ2v) is 15.6. The van der Waals surface area contributed by atoms with Gasteiger partial charge in [-0.2, -0.15) is 0 Å². The number of terminal acetylenes is 3. The first-order chi connectivity index (χ1) is 35.2. The second kappa shape index (κ2) is 32.5. The van der Waals surface area contributed by atoms with Gasteiger partial charge in [-0.15, -0.1) is 19.3 Å². The van der Waals surface area contributed by atoms with E-state index in [4.69, 9.17) is 76.1 Å². The Kier molecular flexibility index (Phi) is 26.3. The van der Waals surface area contributed by atoms with Gasteiger partial charge in [-0.1, -0.05) is 44.4 Å². The average molecular weight is 1010 g/mol. The zero-order valence-corrected chi connectivity index (χ0v) is 40.7. The highest BCUT2D eigenvalue weighted by Crippen LogP contribution is 2.26. The Hall–Kier alpha value is -8.34. The van der Waals surface area contributed by atoms with E-state index in [9.17, 15) is 28.8 Å². The summed E-state index contributed by atoms with van der Waals surface area (Å²) in [6.07, 6.45) is 14.5. The van der Waals surface area contributed by atoms with Crippen LogP contribution in [0.15, 0.2) is 110 Å². The van der Waals surface area contributed by atoms with Crippen molar-refractivity contribution in [1.82, 2.24) is 0 Å². The van der Waals surface area contributed by atoms with Crippen LogP contribution in [0.1, 0.15) is 51.3 Å². The molecular weight excluding hydrogens is 949 g/mol. The lowest BCUT2D eigenvalue weighted by Gasteiger charge is -2.33. The average Bonchev–Trinajstić information content (AvgIpc) is 3.40. The lowest BCUT2D eigenvalue weighted by Crippen LogP contribution is -2.41. The van der Waals surface area contributed by atoms with Crippen LogP contribution in [-0.2, 0) is 57.0 Å². The van der Waals surface area contributed by atoms with Crippen LogP contribution in [0.2, 0.25) is 0 Å². The molecule has 18 nitrogen and oxygen atoms in total. The van der Waals surface area contributed by atoms with Crippen LogP contribution in [0.3, 0.4) is 0 Å². The normalized spacial score (nSPS) is 12.4. The molecule has 3 aromatic carbocycles. The van der Waals surface area contributed by atoms with Crippen molar-refractivity contribution in [2.24, 2.45) is 5.41 Å². The molecule has 0 spiro atoms. The minimum atomic E-state index is -1.13. The zero-order valence-electron chi connectivity index (χ0n) is 40.7. The predicted octanol–water partition coefficient (Wildman–Crippen LogP) is 5.72. The van der Waals surface area contributed by atoms with Crippen molar-refractivity contribution in [2.75, 3.05) is 79.3 Å². The quantitative estimate of drug-likeness (QED) is 0.0303. The fourth-order valence-electron chi connectivity index (χ4n) is 5.87. The van der Waals surface area contributed by atoms with Crippen molar-refractivity contribution in [2.45, 2.75) is 38.6 Å². The fourth-order valence-corrected chi connectivity index (χ4v) is 5.87. The summed E-state index contributed by atoms with van der Waals surface area (Å²) in [5.74, 6) is 3.77. The third-order valence-electron chi connectivity index (χ3n) is 9.84. The highest BCUT2D eigenvalue weighted by atomic mass is 16.6. The van der Waals surface area contributed by atoms with Gasteiger partial charge in [-0.3, -0.25) is 0 Å². The van der Waals surface area contributed by atoms with Crippen molar-refractivity contribution in [3.63, 3.8) is 0 Å². The van der Waals surface area contributed by atoms with Gasteiger partial charge < -0.3 is 56.8 Å². The van der Waals surface area contributed by atoms with E-state index in [1.165, 1.54) is 67.6 Å². The number of benzene rings is 3. The van der Waals surface area contributed by atoms with Gasteiger partial charge in [0.05, 0.1) is 56.3 Å². The van der Waals surface area contributed by atoms with E-state index in [2.05, 4.69) is 37.5 Å². The first-order valence-electron chi connectivity index (χ1n) is 22.4. The van der Waals surface area contributed by atoms with E-state index < -0.39 is 79.4 Å². The Balaban J connectivity index is 1.81. The Bertz CT molecular complexity index is 2330. The summed E-state index contributed by atoms with van der Waals surface area (Å²) in [7, 11) is 0. The van der Waals surface area contributed by atoms with Crippen molar-refractivity contribution >= 4 is 35.8 Å². The molecule has 0 aliphatic carbocycles. The Labute approximate surface area is 424 Å². The molecule has 386 valence electrons. The monoisotopic (exact) mass is 1010 g/mol. The number of esters is 6. The van der Waals surface area contributed by atoms with Crippen LogP contribution < -0.4 is 14.2 Å². The number of ether oxygens (including phenoxy) is 12. The number of hydrogen-bond donors (Lipinski definition) is 0. The third kappa shape index (κ3) is 22.1. The van der Waals surface area contributed by atoms with Gasteiger partial charge in [0, 0.05) is 23.1 Å². The molecule has 0 fully saturated rings. The molecule has 0 amide bonds. The van der Waals surface area contributed by atoms with Crippen LogP contribution in [0.4, 0.5) is 0 Å². The van der Waals surface area contributed by atoms with E-state index in [1.54, 1.807) is 19.1 Å². The summed E-state index contributed by atoms with van der Waals surface area (Å²) in [6, 6.07) is 18.1. The molecule has 0 heterocycles. The van der Waals surface area contributed by atoms with Gasteiger partial charge in [0.15, 0.2) is 18.3 Å². The lowest BCUT2D eigenvalue weighted by atomic mass is 9.88. The fraction of sp³-hybridized carbons (Fsp3) is 0.345. The Morgan fingerprint density at radius 3 is 1.08 bits per heavy atom. The summed E-state index contributed by atoms with van der Waals surface area (Å²) >= 11 is 0. The third-order valence-corrected chi connectivity index (χ3v) is 9.84. The van der Waals surface area contributed by atoms with Crippen molar-refractivity contribution in [3.05, 3.63) is 127 Å². The molecular formula is C55H58O18. The number of hydrogen-bond acceptors (Lipinski definition) is 18. The van der Waals surface area contributed by atoms with E-state index in [-0.39, 0.29) is 81.7 Å². The van der Waals surface area contributed by atoms with Gasteiger partial charge in [0.25, 0.3) is 0 Å². The molecule has 0 saturated heterocycles. The smallest absolute Gasteiger partial charge is 0.338 e. The number of rotatable bonds is 34. The molecule has 0 aliphatic rings. The highest BCUT2D eigenvalue weighted by molar-refractivity contribution is 5.91. The number of carbonyl (C=O) groups is 6. The second-order valence-electron chi connectivity index (χ2n) is 15.6. The summed E-state index contributed by atoms with van der Waals surface area (Å²) in [5.41, 5.74) is -0.457. The van der Waals surface area contributed by atoms with Crippen LogP contribution in [0.5, 0.6) is 17.2 Å². The maximum Gasteiger partial charge on any atom is 0.338 e. The van der Waals surface area contributed by atoms with Gasteiger partial charge >= 0.3 is 35.8 Å². The molecule has 3 atom stereocenters. The summed E-state index contributed by atoms with van der Waals surface area (Å²) < 4.78 is 67.4. The molecule has 0 aromatic heterocycles. The molecule has 3 unspecified atom stereocenters. The lowest BCUT2D eigenvalue weighted by molar-refractivity contribution is -0.157. The van der Waals surface area contributed by atoms with Crippen LogP contribution >= 0.6 is 0 Å². The van der Waals surface area contributed by atoms with E-state index in [1.807, 2.05) is 0 Å². The summed E-state index contributed by atoms with van der Waals surface area (Å²) in [4.78, 5) is 76.4. The molecule has 0 bridgehead atoms. The summed E-state index contributed by atoms with van der Waals surface area (Å²) in [6.45, 7) is 11.2. The van der Waals surface area contributed by atoms with E-state index in [0.29, 0.717) is 23.7 Å². The minimum absolute atomic E-state index is 0.0354. The maximum absolute atomic E-state index is 13.0. The van der Waals surface area contributed by atoms with Crippen molar-refractivity contribution in [3.8, 4) is 54.3 Å². The molecule has 18 heteroatoms. The highest BCUT2D eigenvalue weighted by Gasteiger charge is 2.33. The Morgan fingerprint density at radius 1 is 0.521 bits per heavy atom. The maximum atomic E-state index is 13.0. The van der Waals surface area contributed by atoms with Gasteiger partial charge in [-0.05, 0) is 86.1 Å². The summed E-state index contributed by atoms with van der Waals surface area (Å²) in [5, 5.41) is 0. The topological polar surface area (TPSA) is 213 Å². The van der Waals surface area contributed by atoms with E-state index in [0.717, 1.165) is 12.2 Å². The minimum Gasteiger partial charge on any atom is -0.481 e.